The monoisotopic (exact) mass is 355 g/mol. The maximum atomic E-state index is 12.1. The fourth-order valence-electron chi connectivity index (χ4n) is 1.91. The lowest BCUT2D eigenvalue weighted by atomic mass is 10.2. The van der Waals surface area contributed by atoms with Gasteiger partial charge in [0.15, 0.2) is 6.10 Å². The van der Waals surface area contributed by atoms with Crippen molar-refractivity contribution in [1.29, 1.82) is 0 Å². The fraction of sp³-hybridized carbons (Fsp3) is 0.235. The quantitative estimate of drug-likeness (QED) is 0.820. The summed E-state index contributed by atoms with van der Waals surface area (Å²) in [5.74, 6) is 0.175. The molecule has 0 aliphatic carbocycles. The van der Waals surface area contributed by atoms with Gasteiger partial charge in [0.2, 0.25) is 0 Å². The number of ether oxygens (including phenoxy) is 2. The van der Waals surface area contributed by atoms with Gasteiger partial charge in [-0.15, -0.1) is 0 Å². The largest absolute Gasteiger partial charge is 0.481 e. The third-order valence-electron chi connectivity index (χ3n) is 3.16. The van der Waals surface area contributed by atoms with Crippen LogP contribution in [0.15, 0.2) is 42.5 Å². The van der Waals surface area contributed by atoms with E-state index >= 15 is 0 Å². The number of nitrogens with one attached hydrogen (secondary N) is 1. The minimum absolute atomic E-state index is 0.0175. The highest BCUT2D eigenvalue weighted by atomic mass is 35.5. The number of halogens is 3. The smallest absolute Gasteiger partial charge is 0.387 e. The first kappa shape index (κ1) is 18.0. The average molecular weight is 356 g/mol. The standard InChI is InChI=1S/C17H16ClF2NO3/c1-10-9-14(7-8-15(10)18)23-11(2)16(22)21-12-3-5-13(6-4-12)24-17(19)20/h3-9,11,17H,1-2H3,(H,21,22). The Hall–Kier alpha value is -2.34. The topological polar surface area (TPSA) is 47.6 Å². The number of amides is 1. The maximum Gasteiger partial charge on any atom is 0.387 e. The molecule has 1 amide bonds. The van der Waals surface area contributed by atoms with Crippen LogP contribution in [0.4, 0.5) is 14.5 Å². The van der Waals surface area contributed by atoms with E-state index in [1.165, 1.54) is 24.3 Å². The molecule has 0 heterocycles. The van der Waals surface area contributed by atoms with E-state index in [1.807, 2.05) is 6.92 Å². The number of aryl methyl sites for hydroxylation is 1. The normalized spacial score (nSPS) is 11.9. The summed E-state index contributed by atoms with van der Waals surface area (Å²) in [5.41, 5.74) is 1.29. The van der Waals surface area contributed by atoms with Crippen molar-refractivity contribution in [3.63, 3.8) is 0 Å². The molecule has 0 spiro atoms. The lowest BCUT2D eigenvalue weighted by Crippen LogP contribution is -2.30. The Balaban J connectivity index is 1.94. The maximum absolute atomic E-state index is 12.1. The van der Waals surface area contributed by atoms with Crippen LogP contribution in [0.1, 0.15) is 12.5 Å². The Labute approximate surface area is 143 Å². The highest BCUT2D eigenvalue weighted by Crippen LogP contribution is 2.22. The Morgan fingerprint density at radius 3 is 2.29 bits per heavy atom. The Kier molecular flexibility index (Phi) is 5.98. The molecule has 2 aromatic rings. The molecule has 2 aromatic carbocycles. The van der Waals surface area contributed by atoms with Gasteiger partial charge >= 0.3 is 6.61 Å². The van der Waals surface area contributed by atoms with Gasteiger partial charge in [0.1, 0.15) is 11.5 Å². The van der Waals surface area contributed by atoms with Crippen molar-refractivity contribution in [2.75, 3.05) is 5.32 Å². The van der Waals surface area contributed by atoms with Gasteiger partial charge in [0.05, 0.1) is 0 Å². The lowest BCUT2D eigenvalue weighted by molar-refractivity contribution is -0.122. The van der Waals surface area contributed by atoms with E-state index < -0.39 is 12.7 Å². The molecule has 0 radical (unpaired) electrons. The molecular formula is C17H16ClF2NO3. The molecule has 2 rings (SSSR count). The Morgan fingerprint density at radius 2 is 1.71 bits per heavy atom. The number of carbonyl (C=O) groups excluding carboxylic acids is 1. The van der Waals surface area contributed by atoms with Gasteiger partial charge < -0.3 is 14.8 Å². The molecule has 1 N–H and O–H groups in total. The van der Waals surface area contributed by atoms with Gasteiger partial charge in [0, 0.05) is 10.7 Å². The van der Waals surface area contributed by atoms with E-state index in [0.29, 0.717) is 16.5 Å². The molecule has 1 atom stereocenters. The number of benzene rings is 2. The van der Waals surface area contributed by atoms with Gasteiger partial charge in [-0.05, 0) is 61.9 Å². The SMILES string of the molecule is Cc1cc(OC(C)C(=O)Nc2ccc(OC(F)F)cc2)ccc1Cl. The lowest BCUT2D eigenvalue weighted by Gasteiger charge is -2.15. The summed E-state index contributed by atoms with van der Waals surface area (Å²) < 4.78 is 34.0. The van der Waals surface area contributed by atoms with E-state index in [0.717, 1.165) is 5.56 Å². The van der Waals surface area contributed by atoms with E-state index in [2.05, 4.69) is 10.1 Å². The van der Waals surface area contributed by atoms with Crippen LogP contribution in [0.2, 0.25) is 5.02 Å². The summed E-state index contributed by atoms with van der Waals surface area (Å²) >= 11 is 5.94. The summed E-state index contributed by atoms with van der Waals surface area (Å²) in [6.07, 6.45) is -0.748. The van der Waals surface area contributed by atoms with Crippen molar-refractivity contribution in [2.45, 2.75) is 26.6 Å². The first-order valence-corrected chi connectivity index (χ1v) is 7.51. The molecule has 7 heteroatoms. The van der Waals surface area contributed by atoms with Crippen molar-refractivity contribution in [1.82, 2.24) is 0 Å². The number of alkyl halides is 2. The van der Waals surface area contributed by atoms with Crippen LogP contribution >= 0.6 is 11.6 Å². The van der Waals surface area contributed by atoms with Gasteiger partial charge in [-0.2, -0.15) is 8.78 Å². The summed E-state index contributed by atoms with van der Waals surface area (Å²) in [6.45, 7) is 0.554. The highest BCUT2D eigenvalue weighted by Gasteiger charge is 2.15. The van der Waals surface area contributed by atoms with Crippen LogP contribution in [0.3, 0.4) is 0 Å². The fourth-order valence-corrected chi connectivity index (χ4v) is 2.03. The van der Waals surface area contributed by atoms with Crippen LogP contribution in [-0.4, -0.2) is 18.6 Å². The molecule has 1 unspecified atom stereocenters. The highest BCUT2D eigenvalue weighted by molar-refractivity contribution is 6.31. The molecule has 0 aliphatic heterocycles. The second-order valence-electron chi connectivity index (χ2n) is 5.06. The zero-order chi connectivity index (χ0) is 17.7. The van der Waals surface area contributed by atoms with Crippen LogP contribution in [-0.2, 0) is 4.79 Å². The second-order valence-corrected chi connectivity index (χ2v) is 5.47. The van der Waals surface area contributed by atoms with E-state index in [1.54, 1.807) is 25.1 Å². The van der Waals surface area contributed by atoms with Crippen LogP contribution in [0.5, 0.6) is 11.5 Å². The zero-order valence-corrected chi connectivity index (χ0v) is 13.8. The van der Waals surface area contributed by atoms with Crippen molar-refractivity contribution in [2.24, 2.45) is 0 Å². The summed E-state index contributed by atoms with van der Waals surface area (Å²) in [7, 11) is 0. The van der Waals surface area contributed by atoms with Gasteiger partial charge in [-0.25, -0.2) is 0 Å². The van der Waals surface area contributed by atoms with Crippen LogP contribution < -0.4 is 14.8 Å². The third kappa shape index (κ3) is 5.09. The molecule has 0 bridgehead atoms. The Bertz CT molecular complexity index is 707. The minimum Gasteiger partial charge on any atom is -0.481 e. The molecule has 0 aromatic heterocycles. The van der Waals surface area contributed by atoms with Gasteiger partial charge in [-0.1, -0.05) is 11.6 Å². The molecule has 0 aliphatic rings. The van der Waals surface area contributed by atoms with Crippen LogP contribution in [0, 0.1) is 6.92 Å². The molecule has 24 heavy (non-hydrogen) atoms. The van der Waals surface area contributed by atoms with Crippen molar-refractivity contribution >= 4 is 23.2 Å². The molecule has 0 saturated heterocycles. The number of rotatable bonds is 6. The predicted molar refractivity (Wildman–Crippen MR) is 88.0 cm³/mol. The molecule has 0 saturated carbocycles. The van der Waals surface area contributed by atoms with E-state index in [-0.39, 0.29) is 11.7 Å². The zero-order valence-electron chi connectivity index (χ0n) is 13.1. The second kappa shape index (κ2) is 7.97. The first-order valence-electron chi connectivity index (χ1n) is 7.13. The summed E-state index contributed by atoms with van der Waals surface area (Å²) in [4.78, 5) is 12.1. The minimum atomic E-state index is -2.89. The van der Waals surface area contributed by atoms with Gasteiger partial charge in [-0.3, -0.25) is 4.79 Å². The van der Waals surface area contributed by atoms with Crippen LogP contribution in [0.25, 0.3) is 0 Å². The predicted octanol–water partition coefficient (Wildman–Crippen LogP) is 4.66. The molecule has 4 nitrogen and oxygen atoms in total. The van der Waals surface area contributed by atoms with Crippen molar-refractivity contribution in [3.05, 3.63) is 53.1 Å². The molecule has 128 valence electrons. The molecule has 0 fully saturated rings. The number of anilines is 1. The summed E-state index contributed by atoms with van der Waals surface area (Å²) in [5, 5.41) is 3.25. The first-order chi connectivity index (χ1) is 11.3. The number of carbonyl (C=O) groups is 1. The number of hydrogen-bond acceptors (Lipinski definition) is 3. The third-order valence-corrected chi connectivity index (χ3v) is 3.58. The van der Waals surface area contributed by atoms with Crippen molar-refractivity contribution in [3.8, 4) is 11.5 Å². The van der Waals surface area contributed by atoms with Gasteiger partial charge in [0.25, 0.3) is 5.91 Å². The van der Waals surface area contributed by atoms with E-state index in [4.69, 9.17) is 16.3 Å². The summed E-state index contributed by atoms with van der Waals surface area (Å²) in [6, 6.07) is 10.7. The molecular weight excluding hydrogens is 340 g/mol. The van der Waals surface area contributed by atoms with E-state index in [9.17, 15) is 13.6 Å². The van der Waals surface area contributed by atoms with Crippen molar-refractivity contribution < 1.29 is 23.0 Å². The number of hydrogen-bond donors (Lipinski definition) is 1. The Morgan fingerprint density at radius 1 is 1.08 bits per heavy atom. The average Bonchev–Trinajstić information content (AvgIpc) is 2.52.